The van der Waals surface area contributed by atoms with E-state index >= 15 is 0 Å². The highest BCUT2D eigenvalue weighted by atomic mass is 19.1. The number of hydrogen-bond acceptors (Lipinski definition) is 4. The molecule has 7 nitrogen and oxygen atoms in total. The molecule has 5 rings (SSSR count). The normalized spacial score (nSPS) is 14.0. The third kappa shape index (κ3) is 3.29. The van der Waals surface area contributed by atoms with E-state index in [-0.39, 0.29) is 17.8 Å². The number of halogens is 1. The highest BCUT2D eigenvalue weighted by molar-refractivity contribution is 5.94. The molecule has 1 fully saturated rings. The van der Waals surface area contributed by atoms with E-state index in [2.05, 4.69) is 20.5 Å². The molecule has 1 aliphatic rings. The van der Waals surface area contributed by atoms with Gasteiger partial charge in [-0.1, -0.05) is 35.5 Å². The van der Waals surface area contributed by atoms with Crippen LogP contribution in [0.3, 0.4) is 0 Å². The van der Waals surface area contributed by atoms with Crippen molar-refractivity contribution in [2.45, 2.75) is 6.04 Å². The fourth-order valence-electron chi connectivity index (χ4n) is 3.35. The van der Waals surface area contributed by atoms with Gasteiger partial charge in [0.2, 0.25) is 0 Å². The Hall–Kier alpha value is -3.81. The molecule has 0 saturated carbocycles. The number of amides is 1. The van der Waals surface area contributed by atoms with Crippen LogP contribution in [0.15, 0.2) is 66.9 Å². The van der Waals surface area contributed by atoms with Crippen molar-refractivity contribution in [2.75, 3.05) is 13.1 Å². The second-order valence-corrected chi connectivity index (χ2v) is 6.99. The standard InChI is InChI=1S/C21H17FN6O/c22-16-8-6-15(7-9-16)18-10-19(24-23-18)21(29)27-11-17(12-27)28-13-20(25-26-28)14-4-2-1-3-5-14/h1-10,13,17H,11-12H2,(H,23,24). The van der Waals surface area contributed by atoms with Crippen LogP contribution < -0.4 is 0 Å². The van der Waals surface area contributed by atoms with Gasteiger partial charge in [-0.05, 0) is 30.3 Å². The molecule has 0 spiro atoms. The summed E-state index contributed by atoms with van der Waals surface area (Å²) in [5, 5.41) is 15.4. The van der Waals surface area contributed by atoms with E-state index < -0.39 is 0 Å². The molecule has 0 unspecified atom stereocenters. The van der Waals surface area contributed by atoms with Gasteiger partial charge in [-0.15, -0.1) is 5.10 Å². The van der Waals surface area contributed by atoms with E-state index in [1.165, 1.54) is 12.1 Å². The van der Waals surface area contributed by atoms with Gasteiger partial charge in [-0.3, -0.25) is 9.89 Å². The maximum Gasteiger partial charge on any atom is 0.272 e. The molecule has 1 N–H and O–H groups in total. The molecule has 1 saturated heterocycles. The molecular formula is C21H17FN6O. The van der Waals surface area contributed by atoms with Gasteiger partial charge in [0, 0.05) is 24.2 Å². The summed E-state index contributed by atoms with van der Waals surface area (Å²) in [6, 6.07) is 17.6. The Morgan fingerprint density at radius 1 is 1.00 bits per heavy atom. The van der Waals surface area contributed by atoms with Crippen LogP contribution >= 0.6 is 0 Å². The van der Waals surface area contributed by atoms with Crippen LogP contribution in [0.25, 0.3) is 22.5 Å². The Labute approximate surface area is 165 Å². The van der Waals surface area contributed by atoms with Crippen LogP contribution in [0.4, 0.5) is 4.39 Å². The quantitative estimate of drug-likeness (QED) is 0.582. The lowest BCUT2D eigenvalue weighted by atomic mass is 10.1. The molecule has 2 aromatic carbocycles. The molecule has 1 amide bonds. The number of H-pyrrole nitrogens is 1. The predicted octanol–water partition coefficient (Wildman–Crippen LogP) is 3.17. The first-order chi connectivity index (χ1) is 14.2. The van der Waals surface area contributed by atoms with Crippen LogP contribution in [-0.4, -0.2) is 49.1 Å². The maximum absolute atomic E-state index is 13.1. The molecule has 0 bridgehead atoms. The Kier molecular flexibility index (Phi) is 4.16. The molecule has 8 heteroatoms. The minimum absolute atomic E-state index is 0.100. The Bertz CT molecular complexity index is 1150. The molecule has 144 valence electrons. The Morgan fingerprint density at radius 2 is 1.72 bits per heavy atom. The van der Waals surface area contributed by atoms with Crippen molar-refractivity contribution in [1.82, 2.24) is 30.1 Å². The zero-order valence-electron chi connectivity index (χ0n) is 15.4. The van der Waals surface area contributed by atoms with Crippen LogP contribution in [0.2, 0.25) is 0 Å². The Balaban J connectivity index is 1.24. The number of carbonyl (C=O) groups excluding carboxylic acids is 1. The molecule has 2 aromatic heterocycles. The van der Waals surface area contributed by atoms with E-state index in [1.54, 1.807) is 23.1 Å². The SMILES string of the molecule is O=C(c1cc(-c2ccc(F)cc2)n[nH]1)N1CC(n2cc(-c3ccccc3)nn2)C1. The number of aromatic nitrogens is 5. The largest absolute Gasteiger partial charge is 0.333 e. The topological polar surface area (TPSA) is 79.7 Å². The van der Waals surface area contributed by atoms with Crippen LogP contribution in [0, 0.1) is 5.82 Å². The number of nitrogens with one attached hydrogen (secondary N) is 1. The first-order valence-corrected chi connectivity index (χ1v) is 9.25. The zero-order valence-corrected chi connectivity index (χ0v) is 15.4. The lowest BCUT2D eigenvalue weighted by molar-refractivity contribution is 0.0492. The zero-order chi connectivity index (χ0) is 19.8. The highest BCUT2D eigenvalue weighted by Crippen LogP contribution is 2.25. The van der Waals surface area contributed by atoms with E-state index in [4.69, 9.17) is 0 Å². The van der Waals surface area contributed by atoms with Crippen molar-refractivity contribution in [3.05, 3.63) is 78.4 Å². The van der Waals surface area contributed by atoms with Crippen LogP contribution in [0.5, 0.6) is 0 Å². The van der Waals surface area contributed by atoms with Crippen molar-refractivity contribution in [3.63, 3.8) is 0 Å². The molecule has 4 aromatic rings. The van der Waals surface area contributed by atoms with Crippen LogP contribution in [0.1, 0.15) is 16.5 Å². The number of likely N-dealkylation sites (tertiary alicyclic amines) is 1. The number of hydrogen-bond donors (Lipinski definition) is 1. The Morgan fingerprint density at radius 3 is 2.48 bits per heavy atom. The summed E-state index contributed by atoms with van der Waals surface area (Å²) >= 11 is 0. The summed E-state index contributed by atoms with van der Waals surface area (Å²) in [6.07, 6.45) is 1.91. The van der Waals surface area contributed by atoms with Gasteiger partial charge in [-0.2, -0.15) is 5.10 Å². The van der Waals surface area contributed by atoms with Gasteiger partial charge < -0.3 is 4.90 Å². The minimum atomic E-state index is -0.310. The smallest absolute Gasteiger partial charge is 0.272 e. The average molecular weight is 388 g/mol. The fraction of sp³-hybridized carbons (Fsp3) is 0.143. The summed E-state index contributed by atoms with van der Waals surface area (Å²) in [7, 11) is 0. The number of rotatable bonds is 4. The maximum atomic E-state index is 13.1. The molecular weight excluding hydrogens is 371 g/mol. The third-order valence-electron chi connectivity index (χ3n) is 5.05. The summed E-state index contributed by atoms with van der Waals surface area (Å²) in [4.78, 5) is 14.4. The highest BCUT2D eigenvalue weighted by Gasteiger charge is 2.34. The molecule has 0 radical (unpaired) electrons. The van der Waals surface area contributed by atoms with Gasteiger partial charge in [0.25, 0.3) is 5.91 Å². The van der Waals surface area contributed by atoms with Crippen molar-refractivity contribution < 1.29 is 9.18 Å². The lowest BCUT2D eigenvalue weighted by Gasteiger charge is -2.38. The summed E-state index contributed by atoms with van der Waals surface area (Å²) in [6.45, 7) is 1.11. The first-order valence-electron chi connectivity index (χ1n) is 9.25. The van der Waals surface area contributed by atoms with E-state index in [0.717, 1.165) is 16.8 Å². The van der Waals surface area contributed by atoms with E-state index in [1.807, 2.05) is 41.2 Å². The fourth-order valence-corrected chi connectivity index (χ4v) is 3.35. The van der Waals surface area contributed by atoms with Gasteiger partial charge >= 0.3 is 0 Å². The third-order valence-corrected chi connectivity index (χ3v) is 5.05. The molecule has 1 aliphatic heterocycles. The lowest BCUT2D eigenvalue weighted by Crippen LogP contribution is -2.51. The summed E-state index contributed by atoms with van der Waals surface area (Å²) in [5.74, 6) is -0.429. The van der Waals surface area contributed by atoms with Crippen LogP contribution in [-0.2, 0) is 0 Å². The summed E-state index contributed by atoms with van der Waals surface area (Å²) < 4.78 is 14.9. The monoisotopic (exact) mass is 388 g/mol. The average Bonchev–Trinajstić information content (AvgIpc) is 3.38. The second kappa shape index (κ2) is 6.97. The first kappa shape index (κ1) is 17.3. The number of carbonyl (C=O) groups is 1. The summed E-state index contributed by atoms with van der Waals surface area (Å²) in [5.41, 5.74) is 3.59. The molecule has 0 aliphatic carbocycles. The molecule has 0 atom stereocenters. The van der Waals surface area contributed by atoms with Gasteiger partial charge in [0.05, 0.1) is 17.9 Å². The minimum Gasteiger partial charge on any atom is -0.333 e. The molecule has 3 heterocycles. The van der Waals surface area contributed by atoms with Gasteiger partial charge in [0.15, 0.2) is 0 Å². The van der Waals surface area contributed by atoms with Crippen molar-refractivity contribution >= 4 is 5.91 Å². The van der Waals surface area contributed by atoms with Crippen molar-refractivity contribution in [3.8, 4) is 22.5 Å². The van der Waals surface area contributed by atoms with Crippen molar-refractivity contribution in [1.29, 1.82) is 0 Å². The van der Waals surface area contributed by atoms with Gasteiger partial charge in [0.1, 0.15) is 17.2 Å². The van der Waals surface area contributed by atoms with E-state index in [9.17, 15) is 9.18 Å². The number of aromatic amines is 1. The van der Waals surface area contributed by atoms with Crippen molar-refractivity contribution in [2.24, 2.45) is 0 Å². The van der Waals surface area contributed by atoms with Gasteiger partial charge in [-0.25, -0.2) is 9.07 Å². The second-order valence-electron chi connectivity index (χ2n) is 6.99. The molecule has 29 heavy (non-hydrogen) atoms. The predicted molar refractivity (Wildman–Crippen MR) is 104 cm³/mol. The number of benzene rings is 2. The van der Waals surface area contributed by atoms with E-state index in [0.29, 0.717) is 24.5 Å². The number of nitrogens with zero attached hydrogens (tertiary/aromatic N) is 5.